The van der Waals surface area contributed by atoms with E-state index in [1.807, 2.05) is 0 Å². The zero-order chi connectivity index (χ0) is 25.9. The third-order valence-corrected chi connectivity index (χ3v) is 13.0. The molecule has 0 aromatic heterocycles. The number of hydrogen-bond donors (Lipinski definition) is 0. The summed E-state index contributed by atoms with van der Waals surface area (Å²) in [4.78, 5) is 0. The Morgan fingerprint density at radius 3 is 1.24 bits per heavy atom. The van der Waals surface area contributed by atoms with Gasteiger partial charge in [0.05, 0.1) is 18.5 Å². The van der Waals surface area contributed by atoms with Crippen LogP contribution in [0, 0.1) is 13.8 Å². The van der Waals surface area contributed by atoms with E-state index in [1.54, 1.807) is 0 Å². The topological polar surface area (TPSA) is 0 Å². The average Bonchev–Trinajstić information content (AvgIpc) is 3.26. The van der Waals surface area contributed by atoms with Crippen molar-refractivity contribution in [2.24, 2.45) is 0 Å². The van der Waals surface area contributed by atoms with Gasteiger partial charge >= 0.3 is 0 Å². The van der Waals surface area contributed by atoms with Crippen LogP contribution >= 0.6 is 23.2 Å². The summed E-state index contributed by atoms with van der Waals surface area (Å²) in [6, 6.07) is 34.5. The molecule has 0 bridgehead atoms. The summed E-state index contributed by atoms with van der Waals surface area (Å²) in [6.45, 7) is 8.85. The van der Waals surface area contributed by atoms with Gasteiger partial charge in [-0.25, -0.2) is 0 Å². The van der Waals surface area contributed by atoms with Crippen LogP contribution in [0.1, 0.15) is 58.4 Å². The van der Waals surface area contributed by atoms with Crippen molar-refractivity contribution in [3.05, 3.63) is 153 Å². The molecule has 2 aliphatic rings. The molecular weight excluding hydrogens is 555 g/mol. The van der Waals surface area contributed by atoms with Gasteiger partial charge in [0.15, 0.2) is 0 Å². The molecule has 188 valence electrons. The maximum absolute atomic E-state index is 7.90. The van der Waals surface area contributed by atoms with Crippen LogP contribution in [0.2, 0.25) is 0 Å². The molecule has 2 unspecified atom stereocenters. The van der Waals surface area contributed by atoms with Crippen LogP contribution in [0.3, 0.4) is 0 Å². The van der Waals surface area contributed by atoms with Crippen LogP contribution in [0.5, 0.6) is 0 Å². The van der Waals surface area contributed by atoms with E-state index in [2.05, 4.69) is 125 Å². The van der Waals surface area contributed by atoms with Gasteiger partial charge in [-0.2, -0.15) is 0 Å². The quantitative estimate of drug-likeness (QED) is 0.166. The summed E-state index contributed by atoms with van der Waals surface area (Å²) in [5.74, 6) is 0. The van der Waals surface area contributed by atoms with Crippen LogP contribution in [0.15, 0.2) is 108 Å². The van der Waals surface area contributed by atoms with E-state index in [4.69, 9.17) is 23.2 Å². The van der Waals surface area contributed by atoms with Gasteiger partial charge in [-0.05, 0) is 94.5 Å². The van der Waals surface area contributed by atoms with E-state index in [1.165, 1.54) is 66.8 Å². The molecular formula is C34H30Cl2SiTi. The standard InChI is InChI=1S/C34H30Cl2Si.Ti/c1-21-13-11-19-27-29(21)31(25-15-7-5-8-16-25)23(3)33(27,35)37-34(36)24(4)32(26-17-9-6-10-18-26)30-22(2)14-12-20-28(30)34;/h5-20H,37H2,1-4H3;. The van der Waals surface area contributed by atoms with Crippen LogP contribution in [-0.4, -0.2) is 9.52 Å². The third kappa shape index (κ3) is 3.98. The SMILES string of the molecule is CC1=C(c2ccccc2)c2c(C)cccc2C1(Cl)[SiH2]C1(Cl)C(C)=C(c2ccccc2)c2c(C)cccc21.[Ti]. The summed E-state index contributed by atoms with van der Waals surface area (Å²) in [7, 11) is -1.23. The molecule has 6 rings (SSSR count). The molecule has 0 amide bonds. The molecule has 4 aromatic carbocycles. The first-order chi connectivity index (χ1) is 17.8. The largest absolute Gasteiger partial charge is 0.114 e. The molecule has 4 heteroatoms. The van der Waals surface area contributed by atoms with E-state index in [0.29, 0.717) is 0 Å². The second-order valence-electron chi connectivity index (χ2n) is 10.5. The Labute approximate surface area is 253 Å². The molecule has 0 aliphatic heterocycles. The van der Waals surface area contributed by atoms with Gasteiger partial charge in [-0.1, -0.05) is 97.1 Å². The van der Waals surface area contributed by atoms with Crippen molar-refractivity contribution in [1.29, 1.82) is 0 Å². The van der Waals surface area contributed by atoms with E-state index < -0.39 is 18.5 Å². The minimum absolute atomic E-state index is 0. The van der Waals surface area contributed by atoms with Crippen molar-refractivity contribution in [3.8, 4) is 0 Å². The van der Waals surface area contributed by atoms with E-state index >= 15 is 0 Å². The summed E-state index contributed by atoms with van der Waals surface area (Å²) in [5.41, 5.74) is 14.9. The Balaban J connectivity index is 0.00000294. The number of rotatable bonds is 4. The monoisotopic (exact) mass is 584 g/mol. The van der Waals surface area contributed by atoms with Gasteiger partial charge in [-0.3, -0.25) is 0 Å². The molecule has 2 aliphatic carbocycles. The smallest absolute Gasteiger partial charge is 0.0923 e. The van der Waals surface area contributed by atoms with E-state index in [0.717, 1.165) is 0 Å². The van der Waals surface area contributed by atoms with E-state index in [-0.39, 0.29) is 21.7 Å². The van der Waals surface area contributed by atoms with Gasteiger partial charge in [-0.15, -0.1) is 23.2 Å². The number of aryl methyl sites for hydroxylation is 2. The Kier molecular flexibility index (Phi) is 7.31. The fourth-order valence-corrected chi connectivity index (χ4v) is 11.0. The van der Waals surface area contributed by atoms with Crippen molar-refractivity contribution in [1.82, 2.24) is 0 Å². The second kappa shape index (κ2) is 10.1. The van der Waals surface area contributed by atoms with Crippen molar-refractivity contribution in [2.45, 2.75) is 36.7 Å². The number of halogens is 2. The molecule has 0 spiro atoms. The molecule has 2 atom stereocenters. The number of hydrogen-bond acceptors (Lipinski definition) is 0. The predicted molar refractivity (Wildman–Crippen MR) is 162 cm³/mol. The predicted octanol–water partition coefficient (Wildman–Crippen LogP) is 8.62. The molecule has 0 heterocycles. The molecule has 4 aromatic rings. The number of fused-ring (bicyclic) bond motifs is 2. The Hall–Kier alpha value is -2.13. The Morgan fingerprint density at radius 2 is 0.868 bits per heavy atom. The normalized spacial score (nSPS) is 22.2. The van der Waals surface area contributed by atoms with Gasteiger partial charge in [0.2, 0.25) is 0 Å². The van der Waals surface area contributed by atoms with E-state index in [9.17, 15) is 0 Å². The molecule has 0 saturated carbocycles. The number of alkyl halides is 2. The summed E-state index contributed by atoms with van der Waals surface area (Å²) in [6.07, 6.45) is 0. The van der Waals surface area contributed by atoms with Crippen molar-refractivity contribution in [3.63, 3.8) is 0 Å². The maximum Gasteiger partial charge on any atom is 0.0923 e. The minimum atomic E-state index is -1.23. The molecule has 0 radical (unpaired) electrons. The van der Waals surface area contributed by atoms with Crippen molar-refractivity contribution < 1.29 is 21.7 Å². The summed E-state index contributed by atoms with van der Waals surface area (Å²) < 4.78 is -1.19. The zero-order valence-corrected chi connectivity index (χ0v) is 26.7. The number of benzene rings is 4. The van der Waals surface area contributed by atoms with Gasteiger partial charge in [0.25, 0.3) is 0 Å². The molecule has 0 N–H and O–H groups in total. The fraction of sp³-hybridized carbons (Fsp3) is 0.176. The third-order valence-electron chi connectivity index (χ3n) is 8.45. The second-order valence-corrected chi connectivity index (χ2v) is 15.2. The van der Waals surface area contributed by atoms with Crippen LogP contribution in [0.25, 0.3) is 11.1 Å². The first-order valence-corrected chi connectivity index (χ1v) is 15.1. The fourth-order valence-electron chi connectivity index (χ4n) is 6.56. The average molecular weight is 585 g/mol. The summed E-state index contributed by atoms with van der Waals surface area (Å²) >= 11 is 15.8. The first-order valence-electron chi connectivity index (χ1n) is 12.9. The molecule has 38 heavy (non-hydrogen) atoms. The van der Waals surface area contributed by atoms with Crippen LogP contribution < -0.4 is 0 Å². The van der Waals surface area contributed by atoms with Gasteiger partial charge < -0.3 is 0 Å². The van der Waals surface area contributed by atoms with Gasteiger partial charge in [0, 0.05) is 21.7 Å². The van der Waals surface area contributed by atoms with Crippen molar-refractivity contribution >= 4 is 43.9 Å². The molecule has 0 fully saturated rings. The summed E-state index contributed by atoms with van der Waals surface area (Å²) in [5, 5.41) is 0. The Morgan fingerprint density at radius 1 is 0.500 bits per heavy atom. The number of allylic oxidation sites excluding steroid dienone is 2. The van der Waals surface area contributed by atoms with Crippen LogP contribution in [-0.2, 0) is 30.7 Å². The minimum Gasteiger partial charge on any atom is -0.114 e. The maximum atomic E-state index is 7.90. The van der Waals surface area contributed by atoms with Gasteiger partial charge in [0.1, 0.15) is 0 Å². The zero-order valence-electron chi connectivity index (χ0n) is 22.2. The van der Waals surface area contributed by atoms with Crippen LogP contribution in [0.4, 0.5) is 0 Å². The first kappa shape index (κ1) is 27.4. The Bertz CT molecular complexity index is 1490. The molecule has 0 saturated heterocycles. The van der Waals surface area contributed by atoms with Crippen molar-refractivity contribution in [2.75, 3.05) is 0 Å². The molecule has 0 nitrogen and oxygen atoms in total.